The maximum Gasteiger partial charge on any atom is 0.410 e. The van der Waals surface area contributed by atoms with Crippen LogP contribution in [0.25, 0.3) is 5.57 Å². The number of hydrogen-bond acceptors (Lipinski definition) is 4. The zero-order valence-electron chi connectivity index (χ0n) is 12.3. The molecule has 0 unspecified atom stereocenters. The van der Waals surface area contributed by atoms with Gasteiger partial charge in [-0.3, -0.25) is 0 Å². The Labute approximate surface area is 134 Å². The standard InChI is InChI=1S/C15H20N2O2S2/c1-4-7-19-15(18)17-6-5-11(8-13(17)10(2)3)12-9-21-14(20)16-12/h4,8-10,13H,1,5-7H2,2-3H3,(H,16,20)/t13-/m0/s1. The number of thiazole rings is 1. The van der Waals surface area contributed by atoms with Crippen molar-refractivity contribution in [2.24, 2.45) is 5.92 Å². The molecule has 1 aromatic rings. The van der Waals surface area contributed by atoms with Gasteiger partial charge in [0.25, 0.3) is 0 Å². The average Bonchev–Trinajstić information content (AvgIpc) is 2.90. The predicted molar refractivity (Wildman–Crippen MR) is 89.0 cm³/mol. The third-order valence-corrected chi connectivity index (χ3v) is 4.52. The summed E-state index contributed by atoms with van der Waals surface area (Å²) in [6, 6.07) is 0.0351. The molecular weight excluding hydrogens is 304 g/mol. The second-order valence-electron chi connectivity index (χ2n) is 5.30. The first-order chi connectivity index (χ1) is 10.0. The van der Waals surface area contributed by atoms with Crippen LogP contribution in [0, 0.1) is 9.87 Å². The van der Waals surface area contributed by atoms with Gasteiger partial charge in [0.05, 0.1) is 11.7 Å². The highest BCUT2D eigenvalue weighted by atomic mass is 32.1. The zero-order chi connectivity index (χ0) is 15.4. The molecule has 0 spiro atoms. The molecule has 0 saturated heterocycles. The summed E-state index contributed by atoms with van der Waals surface area (Å²) < 4.78 is 5.95. The summed E-state index contributed by atoms with van der Waals surface area (Å²) in [6.07, 6.45) is 4.26. The van der Waals surface area contributed by atoms with Gasteiger partial charge in [0.2, 0.25) is 0 Å². The lowest BCUT2D eigenvalue weighted by Crippen LogP contribution is -2.45. The number of rotatable bonds is 4. The Bertz CT molecular complexity index is 601. The molecule has 0 aliphatic carbocycles. The van der Waals surface area contributed by atoms with Gasteiger partial charge in [-0.2, -0.15) is 0 Å². The summed E-state index contributed by atoms with van der Waals surface area (Å²) >= 11 is 6.67. The minimum atomic E-state index is -0.276. The Morgan fingerprint density at radius 3 is 3.05 bits per heavy atom. The van der Waals surface area contributed by atoms with E-state index in [4.69, 9.17) is 17.0 Å². The lowest BCUT2D eigenvalue weighted by atomic mass is 9.93. The van der Waals surface area contributed by atoms with Crippen LogP contribution in [-0.4, -0.2) is 35.2 Å². The highest BCUT2D eigenvalue weighted by molar-refractivity contribution is 7.73. The molecule has 2 heterocycles. The molecule has 21 heavy (non-hydrogen) atoms. The average molecular weight is 324 g/mol. The second kappa shape index (κ2) is 7.04. The van der Waals surface area contributed by atoms with Gasteiger partial charge in [0, 0.05) is 11.9 Å². The Balaban J connectivity index is 2.21. The Morgan fingerprint density at radius 2 is 2.48 bits per heavy atom. The van der Waals surface area contributed by atoms with E-state index < -0.39 is 0 Å². The number of aromatic amines is 1. The summed E-state index contributed by atoms with van der Waals surface area (Å²) in [5.41, 5.74) is 2.28. The van der Waals surface area contributed by atoms with E-state index in [9.17, 15) is 4.79 Å². The first kappa shape index (κ1) is 16.0. The monoisotopic (exact) mass is 324 g/mol. The third kappa shape index (κ3) is 3.83. The van der Waals surface area contributed by atoms with Crippen molar-refractivity contribution in [3.05, 3.63) is 33.8 Å². The van der Waals surface area contributed by atoms with Crippen molar-refractivity contribution in [1.82, 2.24) is 9.88 Å². The van der Waals surface area contributed by atoms with Crippen molar-refractivity contribution in [2.75, 3.05) is 13.2 Å². The van der Waals surface area contributed by atoms with E-state index in [0.29, 0.717) is 12.5 Å². The quantitative estimate of drug-likeness (QED) is 0.665. The highest BCUT2D eigenvalue weighted by Crippen LogP contribution is 2.29. The summed E-state index contributed by atoms with van der Waals surface area (Å²) in [7, 11) is 0. The van der Waals surface area contributed by atoms with Crippen molar-refractivity contribution in [1.29, 1.82) is 0 Å². The molecule has 114 valence electrons. The first-order valence-electron chi connectivity index (χ1n) is 6.96. The topological polar surface area (TPSA) is 45.3 Å². The van der Waals surface area contributed by atoms with Crippen LogP contribution in [0.4, 0.5) is 4.79 Å². The van der Waals surface area contributed by atoms with Crippen molar-refractivity contribution in [3.63, 3.8) is 0 Å². The van der Waals surface area contributed by atoms with E-state index in [2.05, 4.69) is 31.5 Å². The molecule has 1 aliphatic heterocycles. The van der Waals surface area contributed by atoms with Gasteiger partial charge in [-0.05, 0) is 30.1 Å². The normalized spacial score (nSPS) is 18.5. The highest BCUT2D eigenvalue weighted by Gasteiger charge is 2.30. The van der Waals surface area contributed by atoms with Crippen LogP contribution in [0.2, 0.25) is 0 Å². The van der Waals surface area contributed by atoms with Gasteiger partial charge in [-0.25, -0.2) is 4.79 Å². The summed E-state index contributed by atoms with van der Waals surface area (Å²) in [5, 5.41) is 2.04. The van der Waals surface area contributed by atoms with Crippen molar-refractivity contribution >= 4 is 35.2 Å². The zero-order valence-corrected chi connectivity index (χ0v) is 13.9. The van der Waals surface area contributed by atoms with Crippen molar-refractivity contribution in [2.45, 2.75) is 26.3 Å². The van der Waals surface area contributed by atoms with E-state index in [0.717, 1.165) is 16.1 Å². The van der Waals surface area contributed by atoms with E-state index in [1.807, 2.05) is 5.38 Å². The number of hydrogen-bond donors (Lipinski definition) is 1. The molecule has 4 nitrogen and oxygen atoms in total. The molecule has 0 radical (unpaired) electrons. The number of aromatic nitrogens is 1. The third-order valence-electron chi connectivity index (χ3n) is 3.46. The van der Waals surface area contributed by atoms with E-state index >= 15 is 0 Å². The minimum Gasteiger partial charge on any atom is -0.445 e. The van der Waals surface area contributed by atoms with Gasteiger partial charge >= 0.3 is 6.09 Å². The van der Waals surface area contributed by atoms with Crippen LogP contribution < -0.4 is 0 Å². The molecular formula is C15H20N2O2S2. The summed E-state index contributed by atoms with van der Waals surface area (Å²) in [6.45, 7) is 8.67. The SMILES string of the molecule is C=CCOC(=O)N1CCC(c2csc(=S)[nH]2)=C[C@H]1C(C)C. The minimum absolute atomic E-state index is 0.0351. The van der Waals surface area contributed by atoms with E-state index in [1.165, 1.54) is 16.9 Å². The number of amides is 1. The Hall–Kier alpha value is -1.40. The van der Waals surface area contributed by atoms with E-state index in [-0.39, 0.29) is 18.7 Å². The van der Waals surface area contributed by atoms with Gasteiger partial charge < -0.3 is 14.6 Å². The molecule has 0 aromatic carbocycles. The van der Waals surface area contributed by atoms with Gasteiger partial charge in [-0.15, -0.1) is 11.3 Å². The molecule has 1 N–H and O–H groups in total. The molecule has 6 heteroatoms. The number of nitrogens with one attached hydrogen (secondary N) is 1. The summed E-state index contributed by atoms with van der Waals surface area (Å²) in [5.74, 6) is 0.318. The van der Waals surface area contributed by atoms with Crippen LogP contribution >= 0.6 is 23.6 Å². The molecule has 0 bridgehead atoms. The molecule has 1 aliphatic rings. The molecule has 2 rings (SSSR count). The lowest BCUT2D eigenvalue weighted by molar-refractivity contribution is 0.0931. The number of H-pyrrole nitrogens is 1. The number of carbonyl (C=O) groups is 1. The van der Waals surface area contributed by atoms with Crippen molar-refractivity contribution in [3.8, 4) is 0 Å². The lowest BCUT2D eigenvalue weighted by Gasteiger charge is -2.35. The Morgan fingerprint density at radius 1 is 1.71 bits per heavy atom. The van der Waals surface area contributed by atoms with Crippen LogP contribution in [0.15, 0.2) is 24.1 Å². The maximum atomic E-state index is 12.1. The summed E-state index contributed by atoms with van der Waals surface area (Å²) in [4.78, 5) is 17.1. The fourth-order valence-corrected chi connectivity index (χ4v) is 3.27. The number of nitrogens with zero attached hydrogens (tertiary/aromatic N) is 1. The molecule has 1 atom stereocenters. The Kier molecular flexibility index (Phi) is 5.36. The van der Waals surface area contributed by atoms with Crippen LogP contribution in [0.1, 0.15) is 26.0 Å². The van der Waals surface area contributed by atoms with Crippen LogP contribution in [0.5, 0.6) is 0 Å². The van der Waals surface area contributed by atoms with Crippen LogP contribution in [0.3, 0.4) is 0 Å². The maximum absolute atomic E-state index is 12.1. The molecule has 0 fully saturated rings. The van der Waals surface area contributed by atoms with E-state index in [1.54, 1.807) is 11.0 Å². The molecule has 0 saturated carbocycles. The predicted octanol–water partition coefficient (Wildman–Crippen LogP) is 4.24. The van der Waals surface area contributed by atoms with Crippen molar-refractivity contribution < 1.29 is 9.53 Å². The number of carbonyl (C=O) groups excluding carboxylic acids is 1. The van der Waals surface area contributed by atoms with Gasteiger partial charge in [0.15, 0.2) is 3.95 Å². The fraction of sp³-hybridized carbons (Fsp3) is 0.467. The first-order valence-corrected chi connectivity index (χ1v) is 8.25. The van der Waals surface area contributed by atoms with Crippen LogP contribution in [-0.2, 0) is 4.74 Å². The fourth-order valence-electron chi connectivity index (χ4n) is 2.41. The van der Waals surface area contributed by atoms with Gasteiger partial charge in [-0.1, -0.05) is 32.6 Å². The largest absolute Gasteiger partial charge is 0.445 e. The van der Waals surface area contributed by atoms with Gasteiger partial charge in [0.1, 0.15) is 6.61 Å². The number of ether oxygens (including phenoxy) is 1. The molecule has 1 aromatic heterocycles. The molecule has 1 amide bonds. The smallest absolute Gasteiger partial charge is 0.410 e. The second-order valence-corrected chi connectivity index (χ2v) is 6.84.